The SMILES string of the molecule is CC(C)C[C@]1(c2ccccc2)NC(=O)N(Cc2nc(-c3ccccc3)no2)C1=O. The maximum Gasteiger partial charge on any atom is 0.325 e. The number of carbonyl (C=O) groups excluding carboxylic acids is 2. The Morgan fingerprint density at radius 3 is 2.34 bits per heavy atom. The highest BCUT2D eigenvalue weighted by molar-refractivity contribution is 6.07. The van der Waals surface area contributed by atoms with Gasteiger partial charge in [-0.3, -0.25) is 9.69 Å². The average molecular weight is 390 g/mol. The second-order valence-corrected chi connectivity index (χ2v) is 7.57. The van der Waals surface area contributed by atoms with Crippen molar-refractivity contribution in [1.82, 2.24) is 20.4 Å². The van der Waals surface area contributed by atoms with Gasteiger partial charge in [-0.2, -0.15) is 4.98 Å². The summed E-state index contributed by atoms with van der Waals surface area (Å²) in [7, 11) is 0. The Labute approximate surface area is 168 Å². The van der Waals surface area contributed by atoms with Crippen molar-refractivity contribution in [1.29, 1.82) is 0 Å². The molecule has 7 heteroatoms. The average Bonchev–Trinajstić information content (AvgIpc) is 3.28. The highest BCUT2D eigenvalue weighted by Gasteiger charge is 2.52. The first kappa shape index (κ1) is 18.9. The molecule has 1 aromatic heterocycles. The Morgan fingerprint density at radius 2 is 1.69 bits per heavy atom. The van der Waals surface area contributed by atoms with Crippen LogP contribution in [0.2, 0.25) is 0 Å². The van der Waals surface area contributed by atoms with E-state index in [-0.39, 0.29) is 24.3 Å². The minimum atomic E-state index is -1.09. The number of aromatic nitrogens is 2. The minimum absolute atomic E-state index is 0.0722. The zero-order chi connectivity index (χ0) is 20.4. The van der Waals surface area contributed by atoms with Gasteiger partial charge in [-0.25, -0.2) is 4.79 Å². The van der Waals surface area contributed by atoms with Crippen LogP contribution in [0.4, 0.5) is 4.79 Å². The highest BCUT2D eigenvalue weighted by atomic mass is 16.5. The summed E-state index contributed by atoms with van der Waals surface area (Å²) >= 11 is 0. The molecule has 0 radical (unpaired) electrons. The molecule has 0 aliphatic carbocycles. The number of urea groups is 1. The Morgan fingerprint density at radius 1 is 1.03 bits per heavy atom. The van der Waals surface area contributed by atoms with E-state index < -0.39 is 11.6 Å². The van der Waals surface area contributed by atoms with Crippen LogP contribution >= 0.6 is 0 Å². The molecule has 1 aliphatic rings. The number of hydrogen-bond acceptors (Lipinski definition) is 5. The van der Waals surface area contributed by atoms with Crippen LogP contribution in [0.5, 0.6) is 0 Å². The van der Waals surface area contributed by atoms with Gasteiger partial charge >= 0.3 is 6.03 Å². The molecule has 3 amide bonds. The van der Waals surface area contributed by atoms with E-state index in [1.807, 2.05) is 74.5 Å². The van der Waals surface area contributed by atoms with Gasteiger partial charge in [0.1, 0.15) is 12.1 Å². The van der Waals surface area contributed by atoms with Crippen LogP contribution in [0.3, 0.4) is 0 Å². The van der Waals surface area contributed by atoms with Gasteiger partial charge in [0.05, 0.1) is 0 Å². The van der Waals surface area contributed by atoms with Crippen molar-refractivity contribution in [3.8, 4) is 11.4 Å². The molecule has 1 aliphatic heterocycles. The summed E-state index contributed by atoms with van der Waals surface area (Å²) in [6.45, 7) is 3.98. The van der Waals surface area contributed by atoms with E-state index in [2.05, 4.69) is 15.5 Å². The topological polar surface area (TPSA) is 88.3 Å². The number of benzene rings is 2. The number of hydrogen-bond donors (Lipinski definition) is 1. The standard InChI is InChI=1S/C22H22N4O3/c1-15(2)13-22(17-11-7-4-8-12-17)20(27)26(21(28)24-22)14-18-23-19(25-29-18)16-9-5-3-6-10-16/h3-12,15H,13-14H2,1-2H3,(H,24,28)/t22-/m1/s1. The van der Waals surface area contributed by atoms with Crippen LogP contribution in [0.15, 0.2) is 65.2 Å². The lowest BCUT2D eigenvalue weighted by atomic mass is 9.82. The van der Waals surface area contributed by atoms with Crippen LogP contribution in [-0.2, 0) is 16.9 Å². The second kappa shape index (κ2) is 7.50. The fourth-order valence-corrected chi connectivity index (χ4v) is 3.72. The normalized spacial score (nSPS) is 19.1. The van der Waals surface area contributed by atoms with Gasteiger partial charge in [0.15, 0.2) is 0 Å². The molecule has 1 atom stereocenters. The largest absolute Gasteiger partial charge is 0.337 e. The molecule has 1 saturated heterocycles. The Hall–Kier alpha value is -3.48. The van der Waals surface area contributed by atoms with Gasteiger partial charge in [0.25, 0.3) is 5.91 Å². The number of amides is 3. The molecular weight excluding hydrogens is 368 g/mol. The first-order chi connectivity index (χ1) is 14.0. The van der Waals surface area contributed by atoms with Crippen molar-refractivity contribution < 1.29 is 14.1 Å². The van der Waals surface area contributed by atoms with Crippen molar-refractivity contribution >= 4 is 11.9 Å². The maximum absolute atomic E-state index is 13.4. The number of nitrogens with one attached hydrogen (secondary N) is 1. The van der Waals surface area contributed by atoms with Crippen molar-refractivity contribution in [2.45, 2.75) is 32.4 Å². The molecule has 3 aromatic rings. The molecule has 1 N–H and O–H groups in total. The van der Waals surface area contributed by atoms with Crippen molar-refractivity contribution in [2.24, 2.45) is 5.92 Å². The fraction of sp³-hybridized carbons (Fsp3) is 0.273. The molecule has 1 fully saturated rings. The van der Waals surface area contributed by atoms with Crippen LogP contribution in [0.1, 0.15) is 31.7 Å². The zero-order valence-electron chi connectivity index (χ0n) is 16.3. The molecule has 148 valence electrons. The quantitative estimate of drug-likeness (QED) is 0.648. The summed E-state index contributed by atoms with van der Waals surface area (Å²) in [5.41, 5.74) is 0.484. The Balaban J connectivity index is 1.62. The van der Waals surface area contributed by atoms with Crippen molar-refractivity contribution in [3.63, 3.8) is 0 Å². The summed E-state index contributed by atoms with van der Waals surface area (Å²) in [5, 5.41) is 6.89. The molecule has 0 saturated carbocycles. The summed E-state index contributed by atoms with van der Waals surface area (Å²) in [5.74, 6) is 0.527. The molecule has 7 nitrogen and oxygen atoms in total. The molecule has 4 rings (SSSR count). The summed E-state index contributed by atoms with van der Waals surface area (Å²) in [6.07, 6.45) is 0.497. The lowest BCUT2D eigenvalue weighted by Gasteiger charge is -2.29. The number of nitrogens with zero attached hydrogens (tertiary/aromatic N) is 3. The summed E-state index contributed by atoms with van der Waals surface area (Å²) < 4.78 is 5.30. The molecule has 29 heavy (non-hydrogen) atoms. The van der Waals surface area contributed by atoms with Gasteiger partial charge in [-0.15, -0.1) is 0 Å². The van der Waals surface area contributed by atoms with Gasteiger partial charge in [-0.05, 0) is 17.9 Å². The van der Waals surface area contributed by atoms with E-state index in [0.717, 1.165) is 16.0 Å². The van der Waals surface area contributed by atoms with Gasteiger partial charge in [0.2, 0.25) is 11.7 Å². The van der Waals surface area contributed by atoms with Crippen LogP contribution in [0, 0.1) is 5.92 Å². The van der Waals surface area contributed by atoms with Crippen molar-refractivity contribution in [3.05, 3.63) is 72.1 Å². The monoisotopic (exact) mass is 390 g/mol. The van der Waals surface area contributed by atoms with E-state index in [0.29, 0.717) is 12.2 Å². The third kappa shape index (κ3) is 3.51. The Bertz CT molecular complexity index is 1020. The summed E-state index contributed by atoms with van der Waals surface area (Å²) in [4.78, 5) is 31.6. The van der Waals surface area contributed by atoms with E-state index in [1.54, 1.807) is 0 Å². The molecule has 2 heterocycles. The predicted molar refractivity (Wildman–Crippen MR) is 106 cm³/mol. The first-order valence-corrected chi connectivity index (χ1v) is 9.57. The molecule has 2 aromatic carbocycles. The van der Waals surface area contributed by atoms with Crippen LogP contribution in [-0.4, -0.2) is 27.0 Å². The lowest BCUT2D eigenvalue weighted by Crippen LogP contribution is -2.45. The van der Waals surface area contributed by atoms with Gasteiger partial charge in [-0.1, -0.05) is 79.7 Å². The van der Waals surface area contributed by atoms with Gasteiger partial charge in [0, 0.05) is 5.56 Å². The van der Waals surface area contributed by atoms with Crippen LogP contribution in [0.25, 0.3) is 11.4 Å². The number of carbonyl (C=O) groups is 2. The van der Waals surface area contributed by atoms with Crippen LogP contribution < -0.4 is 5.32 Å². The van der Waals surface area contributed by atoms with Crippen molar-refractivity contribution in [2.75, 3.05) is 0 Å². The first-order valence-electron chi connectivity index (χ1n) is 9.57. The highest BCUT2D eigenvalue weighted by Crippen LogP contribution is 2.35. The lowest BCUT2D eigenvalue weighted by molar-refractivity contribution is -0.132. The maximum atomic E-state index is 13.4. The second-order valence-electron chi connectivity index (χ2n) is 7.57. The zero-order valence-corrected chi connectivity index (χ0v) is 16.3. The summed E-state index contributed by atoms with van der Waals surface area (Å²) in [6, 6.07) is 18.3. The third-order valence-electron chi connectivity index (χ3n) is 4.95. The number of imide groups is 1. The predicted octanol–water partition coefficient (Wildman–Crippen LogP) is 3.73. The smallest absolute Gasteiger partial charge is 0.325 e. The molecule has 0 spiro atoms. The van der Waals surface area contributed by atoms with E-state index in [9.17, 15) is 9.59 Å². The van der Waals surface area contributed by atoms with Gasteiger partial charge < -0.3 is 9.84 Å². The molecule has 0 unspecified atom stereocenters. The number of rotatable bonds is 6. The fourth-order valence-electron chi connectivity index (χ4n) is 3.72. The van der Waals surface area contributed by atoms with E-state index >= 15 is 0 Å². The minimum Gasteiger partial charge on any atom is -0.337 e. The van der Waals surface area contributed by atoms with E-state index in [1.165, 1.54) is 0 Å². The Kier molecular flexibility index (Phi) is 4.88. The van der Waals surface area contributed by atoms with E-state index in [4.69, 9.17) is 4.52 Å². The molecule has 0 bridgehead atoms. The molecular formula is C22H22N4O3. The third-order valence-corrected chi connectivity index (χ3v) is 4.95.